The van der Waals surface area contributed by atoms with Crippen molar-refractivity contribution >= 4 is 0 Å². The fourth-order valence-corrected chi connectivity index (χ4v) is 3.67. The third kappa shape index (κ3) is 4.24. The zero-order valence-electron chi connectivity index (χ0n) is 13.0. The van der Waals surface area contributed by atoms with Crippen LogP contribution in [0.2, 0.25) is 0 Å². The van der Waals surface area contributed by atoms with Crippen molar-refractivity contribution in [2.45, 2.75) is 77.9 Å². The van der Waals surface area contributed by atoms with Gasteiger partial charge in [-0.2, -0.15) is 0 Å². The molecule has 0 bridgehead atoms. The molecule has 0 unspecified atom stereocenters. The molecule has 110 valence electrons. The van der Waals surface area contributed by atoms with Gasteiger partial charge in [0.15, 0.2) is 0 Å². The third-order valence-corrected chi connectivity index (χ3v) is 4.82. The molecule has 1 aliphatic carbocycles. The van der Waals surface area contributed by atoms with Gasteiger partial charge in [-0.1, -0.05) is 33.1 Å². The summed E-state index contributed by atoms with van der Waals surface area (Å²) in [5.74, 6) is 0.880. The lowest BCUT2D eigenvalue weighted by Crippen LogP contribution is -2.40. The van der Waals surface area contributed by atoms with Crippen LogP contribution in [0.3, 0.4) is 0 Å². The van der Waals surface area contributed by atoms with E-state index in [9.17, 15) is 0 Å². The van der Waals surface area contributed by atoms with Crippen molar-refractivity contribution in [2.24, 2.45) is 5.92 Å². The molecule has 1 aliphatic heterocycles. The first-order valence-electron chi connectivity index (χ1n) is 8.26. The van der Waals surface area contributed by atoms with E-state index in [0.717, 1.165) is 24.9 Å². The van der Waals surface area contributed by atoms with E-state index in [2.05, 4.69) is 25.7 Å². The average Bonchev–Trinajstić information content (AvgIpc) is 2.86. The Morgan fingerprint density at radius 2 is 2.05 bits per heavy atom. The van der Waals surface area contributed by atoms with Crippen LogP contribution in [0.4, 0.5) is 0 Å². The van der Waals surface area contributed by atoms with Gasteiger partial charge in [0.1, 0.15) is 6.10 Å². The first kappa shape index (κ1) is 14.9. The van der Waals surface area contributed by atoms with Crippen molar-refractivity contribution in [3.63, 3.8) is 0 Å². The van der Waals surface area contributed by atoms with Crippen molar-refractivity contribution in [1.82, 2.24) is 4.90 Å². The van der Waals surface area contributed by atoms with Gasteiger partial charge in [0, 0.05) is 19.1 Å². The van der Waals surface area contributed by atoms with Gasteiger partial charge in [-0.15, -0.1) is 0 Å². The Balaban J connectivity index is 1.78. The second-order valence-corrected chi connectivity index (χ2v) is 6.58. The average molecular weight is 265 g/mol. The number of hydrogen-bond acceptors (Lipinski definition) is 2. The summed E-state index contributed by atoms with van der Waals surface area (Å²) in [5, 5.41) is 0. The number of likely N-dealkylation sites (tertiary alicyclic amines) is 1. The predicted molar refractivity (Wildman–Crippen MR) is 81.1 cm³/mol. The fraction of sp³-hybridized carbons (Fsp3) is 0.882. The van der Waals surface area contributed by atoms with E-state index in [1.54, 1.807) is 0 Å². The molecule has 2 heteroatoms. The van der Waals surface area contributed by atoms with Crippen LogP contribution in [-0.2, 0) is 4.74 Å². The molecule has 1 saturated carbocycles. The highest BCUT2D eigenvalue weighted by Crippen LogP contribution is 2.30. The van der Waals surface area contributed by atoms with Crippen LogP contribution in [-0.4, -0.2) is 30.1 Å². The normalized spacial score (nSPS) is 33.6. The van der Waals surface area contributed by atoms with E-state index in [1.165, 1.54) is 50.6 Å². The number of rotatable bonds is 5. The molecule has 1 saturated heterocycles. The van der Waals surface area contributed by atoms with E-state index in [-0.39, 0.29) is 0 Å². The Labute approximate surface area is 119 Å². The molecule has 2 rings (SSSR count). The molecular formula is C17H31NO. The van der Waals surface area contributed by atoms with Gasteiger partial charge in [-0.25, -0.2) is 0 Å². The third-order valence-electron chi connectivity index (χ3n) is 4.82. The Bertz CT molecular complexity index is 300. The summed E-state index contributed by atoms with van der Waals surface area (Å²) in [6, 6.07) is 0.822. The summed E-state index contributed by atoms with van der Waals surface area (Å²) in [6.07, 6.45) is 11.7. The summed E-state index contributed by atoms with van der Waals surface area (Å²) < 4.78 is 5.97. The lowest BCUT2D eigenvalue weighted by molar-refractivity contribution is 0.102. The Morgan fingerprint density at radius 3 is 2.79 bits per heavy atom. The largest absolute Gasteiger partial charge is 0.497 e. The van der Waals surface area contributed by atoms with Crippen molar-refractivity contribution in [2.75, 3.05) is 13.1 Å². The summed E-state index contributed by atoms with van der Waals surface area (Å²) in [6.45, 7) is 9.22. The summed E-state index contributed by atoms with van der Waals surface area (Å²) in [7, 11) is 0. The van der Waals surface area contributed by atoms with Crippen LogP contribution < -0.4 is 0 Å². The van der Waals surface area contributed by atoms with Gasteiger partial charge in [0.2, 0.25) is 0 Å². The SMILES string of the molecule is CCC/C(C)=C/O[C@@H]1CCN([C@@H]2CCCC[C@H]2C)C1. The van der Waals surface area contributed by atoms with E-state index < -0.39 is 0 Å². The van der Waals surface area contributed by atoms with Crippen LogP contribution >= 0.6 is 0 Å². The molecule has 0 amide bonds. The number of ether oxygens (including phenoxy) is 1. The lowest BCUT2D eigenvalue weighted by atomic mass is 9.85. The quantitative estimate of drug-likeness (QED) is 0.685. The maximum Gasteiger partial charge on any atom is 0.112 e. The molecular weight excluding hydrogens is 234 g/mol. The zero-order valence-corrected chi connectivity index (χ0v) is 13.0. The Kier molecular flexibility index (Phi) is 5.75. The topological polar surface area (TPSA) is 12.5 Å². The second-order valence-electron chi connectivity index (χ2n) is 6.58. The van der Waals surface area contributed by atoms with E-state index in [1.807, 2.05) is 6.26 Å². The molecule has 0 radical (unpaired) electrons. The van der Waals surface area contributed by atoms with Crippen molar-refractivity contribution in [3.05, 3.63) is 11.8 Å². The molecule has 19 heavy (non-hydrogen) atoms. The first-order valence-corrected chi connectivity index (χ1v) is 8.26. The zero-order chi connectivity index (χ0) is 13.7. The summed E-state index contributed by atoms with van der Waals surface area (Å²) in [5.41, 5.74) is 1.38. The summed E-state index contributed by atoms with van der Waals surface area (Å²) >= 11 is 0. The maximum atomic E-state index is 5.97. The van der Waals surface area contributed by atoms with Crippen molar-refractivity contribution in [1.29, 1.82) is 0 Å². The molecule has 2 nitrogen and oxygen atoms in total. The monoisotopic (exact) mass is 265 g/mol. The van der Waals surface area contributed by atoms with Crippen molar-refractivity contribution in [3.8, 4) is 0 Å². The predicted octanol–water partition coefficient (Wildman–Crippen LogP) is 4.36. The molecule has 0 aromatic rings. The standard InChI is InChI=1S/C17H31NO/c1-4-7-14(2)13-19-16-10-11-18(12-16)17-9-6-5-8-15(17)3/h13,15-17H,4-12H2,1-3H3/b14-13+/t15-,16-,17-/m1/s1. The van der Waals surface area contributed by atoms with Crippen LogP contribution in [0.25, 0.3) is 0 Å². The van der Waals surface area contributed by atoms with Crippen LogP contribution in [0, 0.1) is 5.92 Å². The second kappa shape index (κ2) is 7.33. The van der Waals surface area contributed by atoms with E-state index in [0.29, 0.717) is 6.10 Å². The Morgan fingerprint density at radius 1 is 1.26 bits per heavy atom. The molecule has 3 atom stereocenters. The van der Waals surface area contributed by atoms with Gasteiger partial charge in [0.05, 0.1) is 6.26 Å². The molecule has 0 aromatic carbocycles. The van der Waals surface area contributed by atoms with Crippen LogP contribution in [0.15, 0.2) is 11.8 Å². The Hall–Kier alpha value is -0.500. The number of hydrogen-bond donors (Lipinski definition) is 0. The summed E-state index contributed by atoms with van der Waals surface area (Å²) in [4.78, 5) is 2.69. The molecule has 0 spiro atoms. The van der Waals surface area contributed by atoms with Gasteiger partial charge in [-0.05, 0) is 44.1 Å². The van der Waals surface area contributed by atoms with E-state index >= 15 is 0 Å². The first-order chi connectivity index (χ1) is 9.20. The molecule has 2 aliphatic rings. The fourth-order valence-electron chi connectivity index (χ4n) is 3.67. The highest BCUT2D eigenvalue weighted by molar-refractivity contribution is 4.94. The maximum absolute atomic E-state index is 5.97. The van der Waals surface area contributed by atoms with Gasteiger partial charge < -0.3 is 4.74 Å². The highest BCUT2D eigenvalue weighted by Gasteiger charge is 2.32. The van der Waals surface area contributed by atoms with Crippen LogP contribution in [0.1, 0.15) is 65.7 Å². The van der Waals surface area contributed by atoms with Gasteiger partial charge in [-0.3, -0.25) is 4.90 Å². The van der Waals surface area contributed by atoms with E-state index in [4.69, 9.17) is 4.74 Å². The smallest absolute Gasteiger partial charge is 0.112 e. The molecule has 0 aromatic heterocycles. The minimum Gasteiger partial charge on any atom is -0.497 e. The van der Waals surface area contributed by atoms with Gasteiger partial charge in [0.25, 0.3) is 0 Å². The number of nitrogens with zero attached hydrogens (tertiary/aromatic N) is 1. The highest BCUT2D eigenvalue weighted by atomic mass is 16.5. The minimum absolute atomic E-state index is 0.431. The minimum atomic E-state index is 0.431. The molecule has 1 heterocycles. The molecule has 0 N–H and O–H groups in total. The lowest BCUT2D eigenvalue weighted by Gasteiger charge is -2.36. The van der Waals surface area contributed by atoms with Gasteiger partial charge >= 0.3 is 0 Å². The van der Waals surface area contributed by atoms with Crippen molar-refractivity contribution < 1.29 is 4.74 Å². The molecule has 2 fully saturated rings. The number of allylic oxidation sites excluding steroid dienone is 1. The van der Waals surface area contributed by atoms with Crippen LogP contribution in [0.5, 0.6) is 0 Å².